The molecule has 4 rings (SSSR count). The van der Waals surface area contributed by atoms with Crippen LogP contribution in [0.2, 0.25) is 5.02 Å². The molecule has 11 heteroatoms. The number of aromatic nitrogens is 1. The third-order valence-corrected chi connectivity index (χ3v) is 7.80. The van der Waals surface area contributed by atoms with Crippen molar-refractivity contribution < 1.29 is 22.4 Å². The van der Waals surface area contributed by atoms with Gasteiger partial charge in [0.1, 0.15) is 5.82 Å². The second-order valence-corrected chi connectivity index (χ2v) is 10.3. The number of carbonyl (C=O) groups excluding carboxylic acids is 2. The Kier molecular flexibility index (Phi) is 5.85. The average Bonchev–Trinajstić information content (AvgIpc) is 2.77. The van der Waals surface area contributed by atoms with Crippen LogP contribution in [0.5, 0.6) is 0 Å². The van der Waals surface area contributed by atoms with Crippen LogP contribution < -0.4 is 10.6 Å². The molecule has 1 aliphatic heterocycles. The fraction of sp³-hybridized carbons (Fsp3) is 0.227. The van der Waals surface area contributed by atoms with E-state index in [-0.39, 0.29) is 22.0 Å². The van der Waals surface area contributed by atoms with Gasteiger partial charge in [-0.2, -0.15) is 4.31 Å². The number of sulfonamides is 1. The fourth-order valence-electron chi connectivity index (χ4n) is 3.90. The van der Waals surface area contributed by atoms with Gasteiger partial charge in [-0.1, -0.05) is 11.6 Å². The van der Waals surface area contributed by atoms with Gasteiger partial charge in [-0.25, -0.2) is 12.8 Å². The zero-order valence-corrected chi connectivity index (χ0v) is 19.3. The maximum absolute atomic E-state index is 13.6. The first-order chi connectivity index (χ1) is 15.6. The summed E-state index contributed by atoms with van der Waals surface area (Å²) in [5, 5.41) is 6.53. The van der Waals surface area contributed by atoms with Crippen LogP contribution in [0.25, 0.3) is 10.8 Å². The minimum atomic E-state index is -4.04. The molecular formula is C22H20ClFN4O4S. The number of nitrogens with zero attached hydrogens (tertiary/aromatic N) is 2. The fourth-order valence-corrected chi connectivity index (χ4v) is 5.87. The third kappa shape index (κ3) is 4.05. The molecule has 2 aromatic carbocycles. The number of likely N-dealkylation sites (N-methyl/N-ethyl adjacent to an activating group) is 1. The Labute approximate surface area is 194 Å². The normalized spacial score (nSPS) is 19.6. The number of hydrogen-bond donors (Lipinski definition) is 2. The maximum Gasteiger partial charge on any atom is 0.243 e. The lowest BCUT2D eigenvalue weighted by atomic mass is 9.80. The molecule has 0 fully saturated rings. The van der Waals surface area contributed by atoms with Gasteiger partial charge >= 0.3 is 0 Å². The second kappa shape index (κ2) is 8.36. The van der Waals surface area contributed by atoms with Gasteiger partial charge < -0.3 is 10.6 Å². The molecular weight excluding hydrogens is 471 g/mol. The highest BCUT2D eigenvalue weighted by Gasteiger charge is 2.48. The molecule has 1 unspecified atom stereocenters. The van der Waals surface area contributed by atoms with Crippen LogP contribution in [0.1, 0.15) is 12.5 Å². The van der Waals surface area contributed by atoms with Gasteiger partial charge in [0.15, 0.2) is 0 Å². The van der Waals surface area contributed by atoms with E-state index in [1.807, 2.05) is 0 Å². The Morgan fingerprint density at radius 2 is 1.97 bits per heavy atom. The van der Waals surface area contributed by atoms with Gasteiger partial charge in [0, 0.05) is 35.6 Å². The maximum atomic E-state index is 13.6. The predicted octanol–water partition coefficient (Wildman–Crippen LogP) is 2.67. The number of hydrogen-bond acceptors (Lipinski definition) is 5. The average molecular weight is 491 g/mol. The molecule has 3 aromatic rings. The molecule has 33 heavy (non-hydrogen) atoms. The van der Waals surface area contributed by atoms with Gasteiger partial charge in [-0.05, 0) is 48.9 Å². The molecule has 0 aliphatic carbocycles. The lowest BCUT2D eigenvalue weighted by Crippen LogP contribution is -2.55. The summed E-state index contributed by atoms with van der Waals surface area (Å²) in [6.45, 7) is 0.856. The van der Waals surface area contributed by atoms with E-state index in [2.05, 4.69) is 15.6 Å². The Hall–Kier alpha value is -3.08. The molecule has 2 N–H and O–H groups in total. The highest BCUT2D eigenvalue weighted by Crippen LogP contribution is 2.40. The van der Waals surface area contributed by atoms with Crippen LogP contribution in [-0.2, 0) is 25.0 Å². The van der Waals surface area contributed by atoms with Gasteiger partial charge in [0.25, 0.3) is 0 Å². The van der Waals surface area contributed by atoms with E-state index in [1.54, 1.807) is 6.92 Å². The van der Waals surface area contributed by atoms with E-state index in [1.165, 1.54) is 55.8 Å². The number of rotatable bonds is 4. The summed E-state index contributed by atoms with van der Waals surface area (Å²) < 4.78 is 40.9. The number of pyridine rings is 1. The molecule has 0 radical (unpaired) electrons. The number of carbonyl (C=O) groups is 2. The van der Waals surface area contributed by atoms with Crippen molar-refractivity contribution >= 4 is 49.9 Å². The quantitative estimate of drug-likeness (QED) is 0.584. The standard InChI is InChI=1S/C22H20ClFN4O4S/c1-22(21(30)27-18-10-26-9-13-7-15(24)4-5-16(13)18)12-28(11-20(29)25-2)33(31,32)19-6-3-14(23)8-17(19)22/h3-10H,11-12H2,1-2H3,(H,25,29)(H,27,30). The molecule has 0 saturated heterocycles. The molecule has 8 nitrogen and oxygen atoms in total. The monoisotopic (exact) mass is 490 g/mol. The van der Waals surface area contributed by atoms with Crippen molar-refractivity contribution in [3.63, 3.8) is 0 Å². The summed E-state index contributed by atoms with van der Waals surface area (Å²) >= 11 is 6.15. The first kappa shape index (κ1) is 23.1. The van der Waals surface area contributed by atoms with E-state index in [0.29, 0.717) is 16.5 Å². The SMILES string of the molecule is CNC(=O)CN1CC(C)(C(=O)Nc2cncc3cc(F)ccc23)c2cc(Cl)ccc2S1(=O)=O. The lowest BCUT2D eigenvalue weighted by Gasteiger charge is -2.40. The molecule has 1 aromatic heterocycles. The minimum Gasteiger partial charge on any atom is -0.358 e. The third-order valence-electron chi connectivity index (χ3n) is 5.72. The second-order valence-electron chi connectivity index (χ2n) is 7.93. The van der Waals surface area contributed by atoms with Crippen molar-refractivity contribution in [2.24, 2.45) is 0 Å². The van der Waals surface area contributed by atoms with Gasteiger partial charge in [-0.15, -0.1) is 0 Å². The van der Waals surface area contributed by atoms with Crippen LogP contribution in [0, 0.1) is 5.82 Å². The molecule has 2 amide bonds. The van der Waals surface area contributed by atoms with Crippen LogP contribution in [-0.4, -0.2) is 49.7 Å². The van der Waals surface area contributed by atoms with Crippen molar-refractivity contribution in [3.8, 4) is 0 Å². The molecule has 2 heterocycles. The molecule has 1 aliphatic rings. The number of anilines is 1. The number of amides is 2. The Morgan fingerprint density at radius 1 is 1.21 bits per heavy atom. The van der Waals surface area contributed by atoms with Gasteiger partial charge in [0.05, 0.1) is 28.7 Å². The van der Waals surface area contributed by atoms with E-state index in [9.17, 15) is 22.4 Å². The topological polar surface area (TPSA) is 108 Å². The van der Waals surface area contributed by atoms with Crippen molar-refractivity contribution in [2.75, 3.05) is 25.5 Å². The number of halogens is 2. The summed E-state index contributed by atoms with van der Waals surface area (Å²) in [4.78, 5) is 29.6. The summed E-state index contributed by atoms with van der Waals surface area (Å²) in [7, 11) is -2.64. The Balaban J connectivity index is 1.80. The first-order valence-electron chi connectivity index (χ1n) is 9.92. The number of fused-ring (bicyclic) bond motifs is 2. The molecule has 0 spiro atoms. The predicted molar refractivity (Wildman–Crippen MR) is 122 cm³/mol. The zero-order valence-electron chi connectivity index (χ0n) is 17.7. The number of benzene rings is 2. The Morgan fingerprint density at radius 3 is 2.70 bits per heavy atom. The molecule has 0 bridgehead atoms. The molecule has 172 valence electrons. The molecule has 1 atom stereocenters. The Bertz CT molecular complexity index is 1400. The van der Waals surface area contributed by atoms with Gasteiger partial charge in [0.2, 0.25) is 21.8 Å². The highest BCUT2D eigenvalue weighted by molar-refractivity contribution is 7.89. The van der Waals surface area contributed by atoms with Gasteiger partial charge in [-0.3, -0.25) is 14.6 Å². The smallest absolute Gasteiger partial charge is 0.243 e. The summed E-state index contributed by atoms with van der Waals surface area (Å²) in [5.74, 6) is -1.48. The minimum absolute atomic E-state index is 0.0992. The summed E-state index contributed by atoms with van der Waals surface area (Å²) in [6.07, 6.45) is 2.91. The summed E-state index contributed by atoms with van der Waals surface area (Å²) in [5.41, 5.74) is -0.824. The zero-order chi connectivity index (χ0) is 24.0. The van der Waals surface area contributed by atoms with Crippen molar-refractivity contribution in [1.29, 1.82) is 0 Å². The van der Waals surface area contributed by atoms with Crippen molar-refractivity contribution in [3.05, 3.63) is 65.2 Å². The van der Waals surface area contributed by atoms with Crippen molar-refractivity contribution in [1.82, 2.24) is 14.6 Å². The van der Waals surface area contributed by atoms with Crippen LogP contribution in [0.15, 0.2) is 53.7 Å². The lowest BCUT2D eigenvalue weighted by molar-refractivity contribution is -0.124. The van der Waals surface area contributed by atoms with Crippen LogP contribution in [0.4, 0.5) is 10.1 Å². The van der Waals surface area contributed by atoms with Crippen molar-refractivity contribution in [2.45, 2.75) is 17.2 Å². The van der Waals surface area contributed by atoms with Crippen LogP contribution >= 0.6 is 11.6 Å². The first-order valence-corrected chi connectivity index (χ1v) is 11.7. The number of nitrogens with one attached hydrogen (secondary N) is 2. The van der Waals surface area contributed by atoms with E-state index in [0.717, 1.165) is 4.31 Å². The summed E-state index contributed by atoms with van der Waals surface area (Å²) in [6, 6.07) is 8.29. The van der Waals surface area contributed by atoms with E-state index >= 15 is 0 Å². The largest absolute Gasteiger partial charge is 0.358 e. The molecule has 0 saturated carbocycles. The van der Waals surface area contributed by atoms with E-state index < -0.39 is 39.6 Å². The van der Waals surface area contributed by atoms with E-state index in [4.69, 9.17) is 11.6 Å². The highest BCUT2D eigenvalue weighted by atomic mass is 35.5. The van der Waals surface area contributed by atoms with Crippen LogP contribution in [0.3, 0.4) is 0 Å².